The van der Waals surface area contributed by atoms with E-state index in [-0.39, 0.29) is 0 Å². The van der Waals surface area contributed by atoms with Crippen molar-refractivity contribution in [1.82, 2.24) is 9.55 Å². The summed E-state index contributed by atoms with van der Waals surface area (Å²) in [4.78, 5) is 4.43. The summed E-state index contributed by atoms with van der Waals surface area (Å²) in [6.45, 7) is 7.90. The van der Waals surface area contributed by atoms with Crippen LogP contribution in [0.3, 0.4) is 0 Å². The molecular weight excluding hydrogens is 258 g/mol. The average molecular weight is 283 g/mol. The molecule has 3 nitrogen and oxygen atoms in total. The van der Waals surface area contributed by atoms with E-state index in [1.807, 2.05) is 12.5 Å². The molecule has 1 unspecified atom stereocenters. The molecule has 0 radical (unpaired) electrons. The number of hydrogen-bond donors (Lipinski definition) is 1. The fourth-order valence-corrected chi connectivity index (χ4v) is 3.49. The second-order valence-electron chi connectivity index (χ2n) is 6.28. The van der Waals surface area contributed by atoms with E-state index in [2.05, 4.69) is 53.8 Å². The van der Waals surface area contributed by atoms with Crippen LogP contribution >= 0.6 is 0 Å². The van der Waals surface area contributed by atoms with Gasteiger partial charge < -0.3 is 9.88 Å². The molecule has 1 aromatic carbocycles. The summed E-state index contributed by atoms with van der Waals surface area (Å²) in [6, 6.07) is 7.14. The molecule has 3 rings (SSSR count). The van der Waals surface area contributed by atoms with Crippen molar-refractivity contribution < 1.29 is 0 Å². The first kappa shape index (κ1) is 14.2. The van der Waals surface area contributed by atoms with Gasteiger partial charge in [0.15, 0.2) is 0 Å². The van der Waals surface area contributed by atoms with Gasteiger partial charge in [0.1, 0.15) is 0 Å². The highest BCUT2D eigenvalue weighted by Gasteiger charge is 2.20. The van der Waals surface area contributed by atoms with E-state index in [1.54, 1.807) is 0 Å². The summed E-state index contributed by atoms with van der Waals surface area (Å²) < 4.78 is 2.36. The van der Waals surface area contributed by atoms with Gasteiger partial charge in [-0.25, -0.2) is 4.98 Å². The SMILES string of the molecule is CCC(C(C)C)n1cncc1-c1cccc2c1NCCC2. The molecule has 1 aromatic heterocycles. The van der Waals surface area contributed by atoms with Gasteiger partial charge in [0.25, 0.3) is 0 Å². The van der Waals surface area contributed by atoms with E-state index in [0.29, 0.717) is 12.0 Å². The summed E-state index contributed by atoms with van der Waals surface area (Å²) in [5.74, 6) is 0.607. The van der Waals surface area contributed by atoms with Crippen LogP contribution in [0.25, 0.3) is 11.3 Å². The lowest BCUT2D eigenvalue weighted by Gasteiger charge is -2.26. The molecule has 21 heavy (non-hydrogen) atoms. The van der Waals surface area contributed by atoms with Crippen LogP contribution in [0.5, 0.6) is 0 Å². The van der Waals surface area contributed by atoms with Gasteiger partial charge in [0, 0.05) is 23.8 Å². The highest BCUT2D eigenvalue weighted by atomic mass is 15.1. The van der Waals surface area contributed by atoms with Crippen LogP contribution in [0.4, 0.5) is 5.69 Å². The molecule has 1 aliphatic rings. The van der Waals surface area contributed by atoms with E-state index in [9.17, 15) is 0 Å². The van der Waals surface area contributed by atoms with Crippen molar-refractivity contribution in [2.75, 3.05) is 11.9 Å². The van der Waals surface area contributed by atoms with Gasteiger partial charge in [0.2, 0.25) is 0 Å². The Bertz CT molecular complexity index is 613. The minimum absolute atomic E-state index is 0.502. The van der Waals surface area contributed by atoms with Gasteiger partial charge in [-0.1, -0.05) is 39.0 Å². The van der Waals surface area contributed by atoms with E-state index >= 15 is 0 Å². The minimum Gasteiger partial charge on any atom is -0.384 e. The highest BCUT2D eigenvalue weighted by molar-refractivity contribution is 5.79. The summed E-state index contributed by atoms with van der Waals surface area (Å²) in [5.41, 5.74) is 5.28. The first-order valence-corrected chi connectivity index (χ1v) is 8.10. The molecule has 1 atom stereocenters. The standard InChI is InChI=1S/C18H25N3/c1-4-16(13(2)3)21-12-19-11-17(21)15-9-5-7-14-8-6-10-20-18(14)15/h5,7,9,11-13,16,20H,4,6,8,10H2,1-3H3. The third kappa shape index (κ3) is 2.57. The number of aryl methyl sites for hydroxylation is 1. The topological polar surface area (TPSA) is 29.9 Å². The van der Waals surface area contributed by atoms with Crippen molar-refractivity contribution in [3.8, 4) is 11.3 Å². The number of benzene rings is 1. The van der Waals surface area contributed by atoms with Gasteiger partial charge in [-0.05, 0) is 30.7 Å². The van der Waals surface area contributed by atoms with Crippen molar-refractivity contribution in [3.63, 3.8) is 0 Å². The minimum atomic E-state index is 0.502. The highest BCUT2D eigenvalue weighted by Crippen LogP contribution is 2.36. The molecule has 0 aliphatic carbocycles. The summed E-state index contributed by atoms with van der Waals surface area (Å²) in [7, 11) is 0. The molecule has 2 aromatic rings. The van der Waals surface area contributed by atoms with E-state index < -0.39 is 0 Å². The van der Waals surface area contributed by atoms with Gasteiger partial charge in [-0.15, -0.1) is 0 Å². The Labute approximate surface area is 127 Å². The lowest BCUT2D eigenvalue weighted by molar-refractivity contribution is 0.368. The normalized spacial score (nSPS) is 15.6. The molecule has 0 fully saturated rings. The van der Waals surface area contributed by atoms with Crippen molar-refractivity contribution in [2.45, 2.75) is 46.1 Å². The maximum absolute atomic E-state index is 4.43. The fraction of sp³-hybridized carbons (Fsp3) is 0.500. The molecule has 0 saturated heterocycles. The zero-order valence-corrected chi connectivity index (χ0v) is 13.3. The number of fused-ring (bicyclic) bond motifs is 1. The number of aromatic nitrogens is 2. The zero-order valence-electron chi connectivity index (χ0n) is 13.3. The first-order chi connectivity index (χ1) is 10.2. The Morgan fingerprint density at radius 3 is 2.95 bits per heavy atom. The second-order valence-corrected chi connectivity index (χ2v) is 6.28. The second kappa shape index (κ2) is 5.92. The average Bonchev–Trinajstić information content (AvgIpc) is 2.96. The van der Waals surface area contributed by atoms with Gasteiger partial charge in [0.05, 0.1) is 18.2 Å². The number of para-hydroxylation sites is 1. The summed E-state index contributed by atoms with van der Waals surface area (Å²) >= 11 is 0. The van der Waals surface area contributed by atoms with Crippen molar-refractivity contribution >= 4 is 5.69 Å². The quantitative estimate of drug-likeness (QED) is 0.894. The van der Waals surface area contributed by atoms with Crippen molar-refractivity contribution in [1.29, 1.82) is 0 Å². The van der Waals surface area contributed by atoms with E-state index in [4.69, 9.17) is 0 Å². The van der Waals surface area contributed by atoms with Crippen molar-refractivity contribution in [2.24, 2.45) is 5.92 Å². The monoisotopic (exact) mass is 283 g/mol. The Morgan fingerprint density at radius 1 is 1.33 bits per heavy atom. The van der Waals surface area contributed by atoms with Crippen LogP contribution in [-0.2, 0) is 6.42 Å². The molecule has 112 valence electrons. The molecule has 1 aliphatic heterocycles. The number of hydrogen-bond acceptors (Lipinski definition) is 2. The lowest BCUT2D eigenvalue weighted by atomic mass is 9.96. The number of nitrogens with one attached hydrogen (secondary N) is 1. The first-order valence-electron chi connectivity index (χ1n) is 8.10. The number of nitrogens with zero attached hydrogens (tertiary/aromatic N) is 2. The van der Waals surface area contributed by atoms with Crippen LogP contribution in [0.2, 0.25) is 0 Å². The molecule has 3 heteroatoms. The number of anilines is 1. The number of imidazole rings is 1. The predicted octanol–water partition coefficient (Wildman–Crippen LogP) is 4.52. The summed E-state index contributed by atoms with van der Waals surface area (Å²) in [6.07, 6.45) is 7.52. The Balaban J connectivity index is 2.08. The van der Waals surface area contributed by atoms with Crippen LogP contribution in [0.1, 0.15) is 45.2 Å². The van der Waals surface area contributed by atoms with Crippen LogP contribution in [0, 0.1) is 5.92 Å². The predicted molar refractivity (Wildman–Crippen MR) is 88.6 cm³/mol. The van der Waals surface area contributed by atoms with Gasteiger partial charge in [-0.2, -0.15) is 0 Å². The van der Waals surface area contributed by atoms with Crippen molar-refractivity contribution in [3.05, 3.63) is 36.3 Å². The Morgan fingerprint density at radius 2 is 2.19 bits per heavy atom. The van der Waals surface area contributed by atoms with Crippen LogP contribution in [0.15, 0.2) is 30.7 Å². The third-order valence-corrected chi connectivity index (χ3v) is 4.56. The maximum Gasteiger partial charge on any atom is 0.0953 e. The largest absolute Gasteiger partial charge is 0.384 e. The maximum atomic E-state index is 4.43. The molecule has 2 heterocycles. The fourth-order valence-electron chi connectivity index (χ4n) is 3.49. The zero-order chi connectivity index (χ0) is 14.8. The number of rotatable bonds is 4. The molecule has 0 amide bonds. The summed E-state index contributed by atoms with van der Waals surface area (Å²) in [5, 5.41) is 3.59. The lowest BCUT2D eigenvalue weighted by Crippen LogP contribution is -2.16. The molecule has 0 saturated carbocycles. The smallest absolute Gasteiger partial charge is 0.0953 e. The molecule has 0 spiro atoms. The van der Waals surface area contributed by atoms with Crippen LogP contribution < -0.4 is 5.32 Å². The van der Waals surface area contributed by atoms with Crippen LogP contribution in [-0.4, -0.2) is 16.1 Å². The third-order valence-electron chi connectivity index (χ3n) is 4.56. The Kier molecular flexibility index (Phi) is 4.00. The van der Waals surface area contributed by atoms with E-state index in [1.165, 1.54) is 35.3 Å². The molecular formula is C18H25N3. The Hall–Kier alpha value is -1.77. The molecule has 0 bridgehead atoms. The van der Waals surface area contributed by atoms with E-state index in [0.717, 1.165) is 13.0 Å². The molecule has 1 N–H and O–H groups in total. The van der Waals surface area contributed by atoms with Gasteiger partial charge in [-0.3, -0.25) is 0 Å². The van der Waals surface area contributed by atoms with Gasteiger partial charge >= 0.3 is 0 Å².